The second kappa shape index (κ2) is 7.23. The molecular weight excluding hydrogens is 348 g/mol. The first-order chi connectivity index (χ1) is 12.9. The van der Waals surface area contributed by atoms with Gasteiger partial charge in [-0.05, 0) is 32.4 Å². The summed E-state index contributed by atoms with van der Waals surface area (Å²) in [6, 6.07) is 4.93. The number of methoxy groups -OCH3 is 3. The van der Waals surface area contributed by atoms with Crippen molar-refractivity contribution in [2.45, 2.75) is 20.3 Å². The van der Waals surface area contributed by atoms with Crippen LogP contribution in [-0.4, -0.2) is 26.4 Å². The van der Waals surface area contributed by atoms with Crippen LogP contribution >= 0.6 is 0 Å². The van der Waals surface area contributed by atoms with E-state index in [9.17, 15) is 9.90 Å². The van der Waals surface area contributed by atoms with Crippen molar-refractivity contribution in [3.8, 4) is 23.0 Å². The van der Waals surface area contributed by atoms with E-state index in [2.05, 4.69) is 0 Å². The molecule has 142 valence electrons. The molecule has 6 heteroatoms. The average molecular weight is 370 g/mol. The highest BCUT2D eigenvalue weighted by atomic mass is 16.5. The Labute approximate surface area is 156 Å². The third kappa shape index (κ3) is 3.07. The SMILES string of the molecule is COc1cc2oc3ccc(OC)c(OC)c3c(=O)c2c(O)c1CC=C(C)C. The summed E-state index contributed by atoms with van der Waals surface area (Å²) in [5.74, 6) is 0.990. The molecule has 2 aromatic carbocycles. The molecule has 3 aromatic rings. The number of benzene rings is 2. The maximum Gasteiger partial charge on any atom is 0.208 e. The minimum atomic E-state index is -0.388. The fraction of sp³-hybridized carbons (Fsp3) is 0.286. The van der Waals surface area contributed by atoms with Crippen molar-refractivity contribution in [1.82, 2.24) is 0 Å². The fourth-order valence-corrected chi connectivity index (χ4v) is 3.10. The second-order valence-corrected chi connectivity index (χ2v) is 6.37. The minimum absolute atomic E-state index is 0.0898. The molecule has 0 radical (unpaired) electrons. The summed E-state index contributed by atoms with van der Waals surface area (Å²) in [6.45, 7) is 3.92. The lowest BCUT2D eigenvalue weighted by molar-refractivity contribution is 0.358. The molecule has 1 aromatic heterocycles. The van der Waals surface area contributed by atoms with E-state index in [1.165, 1.54) is 21.3 Å². The zero-order valence-corrected chi connectivity index (χ0v) is 16.0. The molecule has 1 heterocycles. The van der Waals surface area contributed by atoms with E-state index < -0.39 is 0 Å². The lowest BCUT2D eigenvalue weighted by atomic mass is 10.0. The Morgan fingerprint density at radius 2 is 1.74 bits per heavy atom. The van der Waals surface area contributed by atoms with E-state index >= 15 is 0 Å². The molecule has 0 bridgehead atoms. The lowest BCUT2D eigenvalue weighted by Gasteiger charge is -2.14. The number of hydrogen-bond acceptors (Lipinski definition) is 6. The molecule has 3 rings (SSSR count). The maximum atomic E-state index is 13.2. The first-order valence-electron chi connectivity index (χ1n) is 8.46. The molecule has 0 aliphatic carbocycles. The van der Waals surface area contributed by atoms with E-state index in [0.717, 1.165) is 5.57 Å². The third-order valence-corrected chi connectivity index (χ3v) is 4.44. The number of phenols is 1. The molecule has 0 aliphatic rings. The molecule has 0 aliphatic heterocycles. The van der Waals surface area contributed by atoms with Gasteiger partial charge in [0.2, 0.25) is 5.43 Å². The fourth-order valence-electron chi connectivity index (χ4n) is 3.10. The Morgan fingerprint density at radius 3 is 2.33 bits per heavy atom. The van der Waals surface area contributed by atoms with Crippen LogP contribution in [0, 0.1) is 0 Å². The van der Waals surface area contributed by atoms with Crippen molar-refractivity contribution in [1.29, 1.82) is 0 Å². The second-order valence-electron chi connectivity index (χ2n) is 6.37. The Kier molecular flexibility index (Phi) is 4.99. The van der Waals surface area contributed by atoms with Gasteiger partial charge in [-0.2, -0.15) is 0 Å². The number of fused-ring (bicyclic) bond motifs is 2. The summed E-state index contributed by atoms with van der Waals surface area (Å²) < 4.78 is 21.9. The van der Waals surface area contributed by atoms with Crippen molar-refractivity contribution < 1.29 is 23.7 Å². The van der Waals surface area contributed by atoms with Crippen molar-refractivity contribution in [2.75, 3.05) is 21.3 Å². The monoisotopic (exact) mass is 370 g/mol. The normalized spacial score (nSPS) is 10.9. The van der Waals surface area contributed by atoms with Gasteiger partial charge in [-0.3, -0.25) is 4.79 Å². The van der Waals surface area contributed by atoms with E-state index in [-0.39, 0.29) is 33.3 Å². The van der Waals surface area contributed by atoms with Gasteiger partial charge >= 0.3 is 0 Å². The Bertz CT molecular complexity index is 1100. The first kappa shape index (κ1) is 18.6. The third-order valence-electron chi connectivity index (χ3n) is 4.44. The molecule has 0 fully saturated rings. The quantitative estimate of drug-likeness (QED) is 0.536. The Hall–Kier alpha value is -3.15. The van der Waals surface area contributed by atoms with Crippen LogP contribution in [0.15, 0.2) is 39.1 Å². The van der Waals surface area contributed by atoms with E-state index in [1.54, 1.807) is 18.2 Å². The number of allylic oxidation sites excluding steroid dienone is 2. The maximum absolute atomic E-state index is 13.2. The highest BCUT2D eigenvalue weighted by Crippen LogP contribution is 2.40. The minimum Gasteiger partial charge on any atom is -0.507 e. The zero-order valence-electron chi connectivity index (χ0n) is 16.0. The number of aromatic hydroxyl groups is 1. The van der Waals surface area contributed by atoms with Crippen LogP contribution in [-0.2, 0) is 6.42 Å². The van der Waals surface area contributed by atoms with Crippen LogP contribution in [0.4, 0.5) is 0 Å². The van der Waals surface area contributed by atoms with Crippen molar-refractivity contribution >= 4 is 21.9 Å². The van der Waals surface area contributed by atoms with Crippen LogP contribution in [0.25, 0.3) is 21.9 Å². The van der Waals surface area contributed by atoms with Gasteiger partial charge in [-0.15, -0.1) is 0 Å². The first-order valence-corrected chi connectivity index (χ1v) is 8.46. The molecule has 0 amide bonds. The van der Waals surface area contributed by atoms with Crippen LogP contribution in [0.3, 0.4) is 0 Å². The average Bonchev–Trinajstić information content (AvgIpc) is 2.65. The van der Waals surface area contributed by atoms with E-state index in [1.807, 2.05) is 19.9 Å². The van der Waals surface area contributed by atoms with Gasteiger partial charge in [0.05, 0.1) is 21.3 Å². The summed E-state index contributed by atoms with van der Waals surface area (Å²) in [7, 11) is 4.46. The summed E-state index contributed by atoms with van der Waals surface area (Å²) >= 11 is 0. The number of ether oxygens (including phenoxy) is 3. The van der Waals surface area contributed by atoms with Gasteiger partial charge in [0.1, 0.15) is 33.4 Å². The summed E-state index contributed by atoms with van der Waals surface area (Å²) in [6.07, 6.45) is 2.38. The molecule has 0 saturated carbocycles. The topological polar surface area (TPSA) is 78.1 Å². The van der Waals surface area contributed by atoms with Gasteiger partial charge in [-0.1, -0.05) is 11.6 Å². The summed E-state index contributed by atoms with van der Waals surface area (Å²) in [4.78, 5) is 13.2. The predicted molar refractivity (Wildman–Crippen MR) is 104 cm³/mol. The van der Waals surface area contributed by atoms with Crippen molar-refractivity contribution in [3.05, 3.63) is 45.6 Å². The largest absolute Gasteiger partial charge is 0.507 e. The molecule has 0 saturated heterocycles. The van der Waals surface area contributed by atoms with Gasteiger partial charge in [-0.25, -0.2) is 0 Å². The van der Waals surface area contributed by atoms with Crippen LogP contribution in [0.1, 0.15) is 19.4 Å². The highest BCUT2D eigenvalue weighted by Gasteiger charge is 2.22. The van der Waals surface area contributed by atoms with Gasteiger partial charge in [0.25, 0.3) is 0 Å². The Morgan fingerprint density at radius 1 is 1.04 bits per heavy atom. The van der Waals surface area contributed by atoms with Crippen LogP contribution in [0.5, 0.6) is 23.0 Å². The van der Waals surface area contributed by atoms with Crippen molar-refractivity contribution in [2.24, 2.45) is 0 Å². The zero-order chi connectivity index (χ0) is 19.7. The lowest BCUT2D eigenvalue weighted by Crippen LogP contribution is -2.07. The molecule has 0 atom stereocenters. The standard InChI is InChI=1S/C21H22O6/c1-11(2)6-7-12-15(25-4)10-16-17(19(12)22)20(23)18-13(27-16)8-9-14(24-3)21(18)26-5/h6,8-10,22H,7H2,1-5H3. The molecule has 0 spiro atoms. The van der Waals surface area contributed by atoms with Crippen molar-refractivity contribution in [3.63, 3.8) is 0 Å². The number of phenolic OH excluding ortho intramolecular Hbond substituents is 1. The molecule has 27 heavy (non-hydrogen) atoms. The summed E-state index contributed by atoms with van der Waals surface area (Å²) in [5.41, 5.74) is 1.81. The Balaban J connectivity index is 2.45. The van der Waals surface area contributed by atoms with Gasteiger partial charge < -0.3 is 23.7 Å². The number of hydrogen-bond donors (Lipinski definition) is 1. The van der Waals surface area contributed by atoms with Gasteiger partial charge in [0, 0.05) is 11.6 Å². The highest BCUT2D eigenvalue weighted by molar-refractivity contribution is 5.98. The molecule has 1 N–H and O–H groups in total. The van der Waals surface area contributed by atoms with E-state index in [0.29, 0.717) is 29.1 Å². The molecular formula is C21H22O6. The number of rotatable bonds is 5. The summed E-state index contributed by atoms with van der Waals surface area (Å²) in [5, 5.41) is 11.2. The van der Waals surface area contributed by atoms with E-state index in [4.69, 9.17) is 18.6 Å². The smallest absolute Gasteiger partial charge is 0.208 e. The molecule has 0 unspecified atom stereocenters. The van der Waals surface area contributed by atoms with Crippen LogP contribution < -0.4 is 19.6 Å². The van der Waals surface area contributed by atoms with Crippen LogP contribution in [0.2, 0.25) is 0 Å². The van der Waals surface area contributed by atoms with Gasteiger partial charge in [0.15, 0.2) is 11.5 Å². The predicted octanol–water partition coefficient (Wildman–Crippen LogP) is 4.19. The molecule has 6 nitrogen and oxygen atoms in total.